The Balaban J connectivity index is 1.86. The number of benzene rings is 1. The largest absolute Gasteiger partial charge is 0.464 e. The second-order valence-electron chi connectivity index (χ2n) is 5.66. The van der Waals surface area contributed by atoms with Gasteiger partial charge in [0.1, 0.15) is 0 Å². The van der Waals surface area contributed by atoms with Gasteiger partial charge in [-0.05, 0) is 44.2 Å². The Hall–Kier alpha value is -1.56. The Bertz CT molecular complexity index is 556. The lowest BCUT2D eigenvalue weighted by Crippen LogP contribution is -2.29. The first-order chi connectivity index (χ1) is 10.8. The molecule has 0 N–H and O–H groups in total. The van der Waals surface area contributed by atoms with Crippen LogP contribution < -0.4 is 0 Å². The van der Waals surface area contributed by atoms with Crippen molar-refractivity contribution in [1.82, 2.24) is 0 Å². The summed E-state index contributed by atoms with van der Waals surface area (Å²) in [6.45, 7) is 3.91. The number of alkyl halides is 3. The fraction of sp³-hybridized carbons (Fsp3) is 0.588. The minimum Gasteiger partial charge on any atom is -0.464 e. The molecule has 0 saturated carbocycles. The van der Waals surface area contributed by atoms with E-state index in [0.29, 0.717) is 37.9 Å². The third kappa shape index (κ3) is 4.05. The third-order valence-electron chi connectivity index (χ3n) is 4.15. The minimum absolute atomic E-state index is 0.197. The van der Waals surface area contributed by atoms with Crippen molar-refractivity contribution in [2.45, 2.75) is 57.4 Å². The first-order valence-electron chi connectivity index (χ1n) is 7.84. The van der Waals surface area contributed by atoms with Crippen LogP contribution in [0.4, 0.5) is 13.2 Å². The molecule has 0 aromatic heterocycles. The summed E-state index contributed by atoms with van der Waals surface area (Å²) in [5.41, 5.74) is -0.838. The zero-order chi connectivity index (χ0) is 17.1. The van der Waals surface area contributed by atoms with Crippen molar-refractivity contribution in [2.24, 2.45) is 0 Å². The number of carbonyl (C=O) groups excluding carboxylic acids is 1. The van der Waals surface area contributed by atoms with Gasteiger partial charge >= 0.3 is 12.1 Å². The van der Waals surface area contributed by atoms with Gasteiger partial charge in [-0.2, -0.15) is 13.2 Å². The van der Waals surface area contributed by atoms with E-state index < -0.39 is 17.3 Å². The van der Waals surface area contributed by atoms with Gasteiger partial charge in [-0.1, -0.05) is 25.1 Å². The minimum atomic E-state index is -4.32. The van der Waals surface area contributed by atoms with E-state index in [4.69, 9.17) is 9.47 Å². The monoisotopic (exact) mass is 330 g/mol. The molecule has 0 amide bonds. The summed E-state index contributed by atoms with van der Waals surface area (Å²) in [5.74, 6) is -0.341. The number of hydrogen-bond donors (Lipinski definition) is 0. The van der Waals surface area contributed by atoms with E-state index in [1.165, 1.54) is 12.1 Å². The van der Waals surface area contributed by atoms with Crippen molar-refractivity contribution in [2.75, 3.05) is 6.61 Å². The van der Waals surface area contributed by atoms with Gasteiger partial charge < -0.3 is 9.47 Å². The highest BCUT2D eigenvalue weighted by atomic mass is 19.4. The fourth-order valence-corrected chi connectivity index (χ4v) is 2.79. The standard InChI is InChI=1S/C17H21F3O3/c1-3-16(15(21)22-4-2)14(23-16)10-6-8-12-7-5-9-13(11-12)17(18,19)20/h5,7,9,11,14H,3-4,6,8,10H2,1-2H3. The van der Waals surface area contributed by atoms with Gasteiger partial charge in [0, 0.05) is 0 Å². The molecular weight excluding hydrogens is 309 g/mol. The number of rotatable bonds is 7. The number of hydrogen-bond acceptors (Lipinski definition) is 3. The van der Waals surface area contributed by atoms with Gasteiger partial charge in [-0.25, -0.2) is 4.79 Å². The summed E-state index contributed by atoms with van der Waals surface area (Å²) >= 11 is 0. The van der Waals surface area contributed by atoms with Gasteiger partial charge in [-0.15, -0.1) is 0 Å². The molecule has 1 saturated heterocycles. The predicted octanol–water partition coefficient (Wildman–Crippen LogP) is 4.14. The number of aryl methyl sites for hydroxylation is 1. The van der Waals surface area contributed by atoms with Crippen molar-refractivity contribution >= 4 is 5.97 Å². The predicted molar refractivity (Wildman–Crippen MR) is 78.9 cm³/mol. The summed E-state index contributed by atoms with van der Waals surface area (Å²) in [7, 11) is 0. The Morgan fingerprint density at radius 2 is 2.09 bits per heavy atom. The third-order valence-corrected chi connectivity index (χ3v) is 4.15. The average molecular weight is 330 g/mol. The first kappa shape index (κ1) is 17.8. The lowest BCUT2D eigenvalue weighted by atomic mass is 9.97. The molecule has 2 unspecified atom stereocenters. The normalized spacial score (nSPS) is 23.6. The van der Waals surface area contributed by atoms with Gasteiger partial charge in [0.25, 0.3) is 0 Å². The van der Waals surface area contributed by atoms with Crippen LogP contribution in [0.3, 0.4) is 0 Å². The number of halogens is 3. The molecule has 0 aliphatic carbocycles. The van der Waals surface area contributed by atoms with Gasteiger partial charge in [0.05, 0.1) is 18.3 Å². The molecule has 1 aliphatic rings. The average Bonchev–Trinajstić information content (AvgIpc) is 3.22. The number of carbonyl (C=O) groups is 1. The topological polar surface area (TPSA) is 38.8 Å². The molecule has 0 spiro atoms. The second-order valence-corrected chi connectivity index (χ2v) is 5.66. The number of epoxide rings is 1. The van der Waals surface area contributed by atoms with E-state index in [9.17, 15) is 18.0 Å². The summed E-state index contributed by atoms with van der Waals surface area (Å²) in [6.07, 6.45) is -2.17. The summed E-state index contributed by atoms with van der Waals surface area (Å²) in [5, 5.41) is 0. The molecule has 23 heavy (non-hydrogen) atoms. The van der Waals surface area contributed by atoms with Crippen molar-refractivity contribution in [3.63, 3.8) is 0 Å². The van der Waals surface area contributed by atoms with Crippen LogP contribution in [0.5, 0.6) is 0 Å². The van der Waals surface area contributed by atoms with Crippen LogP contribution in [0.25, 0.3) is 0 Å². The Morgan fingerprint density at radius 3 is 2.70 bits per heavy atom. The smallest absolute Gasteiger partial charge is 0.416 e. The summed E-state index contributed by atoms with van der Waals surface area (Å²) in [6, 6.07) is 5.34. The van der Waals surface area contributed by atoms with Gasteiger partial charge in [-0.3, -0.25) is 0 Å². The molecule has 1 aromatic carbocycles. The van der Waals surface area contributed by atoms with E-state index in [1.54, 1.807) is 13.0 Å². The molecular formula is C17H21F3O3. The molecule has 1 aliphatic heterocycles. The van der Waals surface area contributed by atoms with Crippen LogP contribution in [0, 0.1) is 0 Å². The zero-order valence-corrected chi connectivity index (χ0v) is 13.3. The molecule has 1 aromatic rings. The van der Waals surface area contributed by atoms with E-state index in [1.807, 2.05) is 6.92 Å². The molecule has 3 nitrogen and oxygen atoms in total. The molecule has 0 bridgehead atoms. The number of esters is 1. The quantitative estimate of drug-likeness (QED) is 0.557. The highest BCUT2D eigenvalue weighted by Gasteiger charge is 2.61. The molecule has 2 atom stereocenters. The van der Waals surface area contributed by atoms with E-state index in [2.05, 4.69) is 0 Å². The highest BCUT2D eigenvalue weighted by Crippen LogP contribution is 2.43. The maximum Gasteiger partial charge on any atom is 0.416 e. The van der Waals surface area contributed by atoms with Crippen molar-refractivity contribution in [3.05, 3.63) is 35.4 Å². The summed E-state index contributed by atoms with van der Waals surface area (Å²) in [4.78, 5) is 11.9. The molecule has 6 heteroatoms. The van der Waals surface area contributed by atoms with Gasteiger partial charge in [0.15, 0.2) is 5.60 Å². The van der Waals surface area contributed by atoms with Crippen LogP contribution in [0.1, 0.15) is 44.2 Å². The molecule has 1 fully saturated rings. The van der Waals surface area contributed by atoms with Crippen molar-refractivity contribution in [3.8, 4) is 0 Å². The fourth-order valence-electron chi connectivity index (χ4n) is 2.79. The number of ether oxygens (including phenoxy) is 2. The molecule has 1 heterocycles. The lowest BCUT2D eigenvalue weighted by molar-refractivity contribution is -0.149. The lowest BCUT2D eigenvalue weighted by Gasteiger charge is -2.10. The van der Waals surface area contributed by atoms with Crippen LogP contribution in [-0.2, 0) is 26.9 Å². The second kappa shape index (κ2) is 6.91. The zero-order valence-electron chi connectivity index (χ0n) is 13.3. The Kier molecular flexibility index (Phi) is 5.34. The van der Waals surface area contributed by atoms with Crippen molar-refractivity contribution < 1.29 is 27.4 Å². The Morgan fingerprint density at radius 1 is 1.35 bits per heavy atom. The first-order valence-corrected chi connectivity index (χ1v) is 7.84. The molecule has 0 radical (unpaired) electrons. The molecule has 128 valence electrons. The van der Waals surface area contributed by atoms with E-state index in [0.717, 1.165) is 6.07 Å². The van der Waals surface area contributed by atoms with E-state index >= 15 is 0 Å². The molecule has 2 rings (SSSR count). The van der Waals surface area contributed by atoms with Crippen LogP contribution in [-0.4, -0.2) is 24.3 Å². The van der Waals surface area contributed by atoms with Gasteiger partial charge in [0.2, 0.25) is 0 Å². The van der Waals surface area contributed by atoms with E-state index in [-0.39, 0.29) is 12.1 Å². The van der Waals surface area contributed by atoms with Crippen molar-refractivity contribution in [1.29, 1.82) is 0 Å². The maximum atomic E-state index is 12.7. The highest BCUT2D eigenvalue weighted by molar-refractivity contribution is 5.83. The Labute approximate surface area is 133 Å². The summed E-state index contributed by atoms with van der Waals surface area (Å²) < 4.78 is 48.5. The SMILES string of the molecule is CCOC(=O)C1(CC)OC1CCCc1cccc(C(F)(F)F)c1. The van der Waals surface area contributed by atoms with Crippen LogP contribution in [0.15, 0.2) is 24.3 Å². The maximum absolute atomic E-state index is 12.7. The van der Waals surface area contributed by atoms with Crippen LogP contribution >= 0.6 is 0 Å². The van der Waals surface area contributed by atoms with Crippen LogP contribution in [0.2, 0.25) is 0 Å².